The molecule has 2 aromatic heterocycles. The molecule has 0 saturated heterocycles. The van der Waals surface area contributed by atoms with Gasteiger partial charge in [0.25, 0.3) is 5.56 Å². The topological polar surface area (TPSA) is 34.9 Å². The van der Waals surface area contributed by atoms with Crippen LogP contribution >= 0.6 is 0 Å². The summed E-state index contributed by atoms with van der Waals surface area (Å²) in [4.78, 5) is 17.2. The molecule has 0 radical (unpaired) electrons. The largest absolute Gasteiger partial charge is 0.304 e. The van der Waals surface area contributed by atoms with Crippen molar-refractivity contribution >= 4 is 10.9 Å². The zero-order chi connectivity index (χ0) is 16.4. The van der Waals surface area contributed by atoms with E-state index in [9.17, 15) is 4.79 Å². The molecule has 0 atom stereocenters. The van der Waals surface area contributed by atoms with Crippen molar-refractivity contribution in [2.45, 2.75) is 40.2 Å². The normalized spacial score (nSPS) is 11.1. The second-order valence-electron chi connectivity index (χ2n) is 5.95. The molecule has 118 valence electrons. The van der Waals surface area contributed by atoms with Crippen molar-refractivity contribution in [3.63, 3.8) is 0 Å². The number of benzene rings is 1. The van der Waals surface area contributed by atoms with Crippen molar-refractivity contribution in [1.82, 2.24) is 9.55 Å². The minimum absolute atomic E-state index is 0.0364. The quantitative estimate of drug-likeness (QED) is 0.733. The van der Waals surface area contributed by atoms with Crippen LogP contribution in [0.3, 0.4) is 0 Å². The Hall–Kier alpha value is -2.42. The average molecular weight is 306 g/mol. The summed E-state index contributed by atoms with van der Waals surface area (Å²) in [6.07, 6.45) is 1.74. The molecule has 0 fully saturated rings. The van der Waals surface area contributed by atoms with Crippen LogP contribution in [0.15, 0.2) is 47.3 Å². The molecule has 0 saturated carbocycles. The van der Waals surface area contributed by atoms with Gasteiger partial charge in [-0.2, -0.15) is 0 Å². The Morgan fingerprint density at radius 2 is 1.87 bits per heavy atom. The molecule has 3 nitrogen and oxygen atoms in total. The molecular weight excluding hydrogens is 284 g/mol. The van der Waals surface area contributed by atoms with Gasteiger partial charge >= 0.3 is 0 Å². The van der Waals surface area contributed by atoms with E-state index in [4.69, 9.17) is 4.98 Å². The second-order valence-corrected chi connectivity index (χ2v) is 5.95. The maximum Gasteiger partial charge on any atom is 0.251 e. The fourth-order valence-corrected chi connectivity index (χ4v) is 3.02. The smallest absolute Gasteiger partial charge is 0.251 e. The number of aryl methyl sites for hydroxylation is 3. The first-order chi connectivity index (χ1) is 11.1. The molecule has 0 aliphatic rings. The van der Waals surface area contributed by atoms with Crippen molar-refractivity contribution in [2.24, 2.45) is 0 Å². The Morgan fingerprint density at radius 1 is 1.04 bits per heavy atom. The maximum atomic E-state index is 12.5. The molecule has 3 aromatic rings. The molecular formula is C20H22N2O. The van der Waals surface area contributed by atoms with Gasteiger partial charge in [0, 0.05) is 22.8 Å². The third-order valence-corrected chi connectivity index (χ3v) is 4.24. The Labute approximate surface area is 136 Å². The zero-order valence-corrected chi connectivity index (χ0v) is 14.0. The zero-order valence-electron chi connectivity index (χ0n) is 14.0. The third kappa shape index (κ3) is 3.04. The highest BCUT2D eigenvalue weighted by Gasteiger charge is 2.10. The van der Waals surface area contributed by atoms with E-state index in [1.807, 2.05) is 16.7 Å². The summed E-state index contributed by atoms with van der Waals surface area (Å²) in [5, 5.41) is 1.08. The predicted octanol–water partition coefficient (Wildman–Crippen LogP) is 3.88. The van der Waals surface area contributed by atoms with E-state index in [1.165, 1.54) is 5.56 Å². The number of hydrogen-bond acceptors (Lipinski definition) is 2. The van der Waals surface area contributed by atoms with Crippen LogP contribution in [0, 0.1) is 6.92 Å². The Bertz CT molecular complexity index is 909. The number of rotatable bonds is 4. The lowest BCUT2D eigenvalue weighted by Crippen LogP contribution is -2.20. The van der Waals surface area contributed by atoms with Gasteiger partial charge in [0.15, 0.2) is 0 Å². The van der Waals surface area contributed by atoms with Gasteiger partial charge < -0.3 is 4.57 Å². The minimum Gasteiger partial charge on any atom is -0.304 e. The van der Waals surface area contributed by atoms with Gasteiger partial charge in [0.05, 0.1) is 12.1 Å². The summed E-state index contributed by atoms with van der Waals surface area (Å²) in [7, 11) is 0. The monoisotopic (exact) mass is 306 g/mol. The summed E-state index contributed by atoms with van der Waals surface area (Å²) in [5.74, 6) is 0. The van der Waals surface area contributed by atoms with E-state index in [1.54, 1.807) is 6.07 Å². The van der Waals surface area contributed by atoms with Crippen molar-refractivity contribution < 1.29 is 0 Å². The van der Waals surface area contributed by atoms with Crippen LogP contribution in [0.4, 0.5) is 0 Å². The molecule has 2 heterocycles. The lowest BCUT2D eigenvalue weighted by Gasteiger charge is -2.14. The van der Waals surface area contributed by atoms with E-state index in [0.29, 0.717) is 6.54 Å². The number of hydrogen-bond donors (Lipinski definition) is 0. The first-order valence-electron chi connectivity index (χ1n) is 8.20. The fourth-order valence-electron chi connectivity index (χ4n) is 3.02. The fraction of sp³-hybridized carbons (Fsp3) is 0.300. The maximum absolute atomic E-state index is 12.5. The highest BCUT2D eigenvalue weighted by molar-refractivity contribution is 5.81. The number of pyridine rings is 2. The molecule has 3 heteroatoms. The first-order valence-corrected chi connectivity index (χ1v) is 8.20. The van der Waals surface area contributed by atoms with Gasteiger partial charge in [-0.1, -0.05) is 43.7 Å². The first kappa shape index (κ1) is 15.5. The summed E-state index contributed by atoms with van der Waals surface area (Å²) < 4.78 is 1.87. The van der Waals surface area contributed by atoms with Gasteiger partial charge in [-0.3, -0.25) is 9.78 Å². The Morgan fingerprint density at radius 3 is 2.57 bits per heavy atom. The molecule has 0 bridgehead atoms. The second kappa shape index (κ2) is 6.37. The number of aromatic nitrogens is 2. The van der Waals surface area contributed by atoms with Gasteiger partial charge in [0.1, 0.15) is 0 Å². The average Bonchev–Trinajstić information content (AvgIpc) is 2.56. The van der Waals surface area contributed by atoms with E-state index < -0.39 is 0 Å². The molecule has 0 N–H and O–H groups in total. The standard InChI is InChI=1S/C20H22N2O/c1-4-16-12-19-17(18(5-2)21-16)9-10-20(23)22(19)13-15-8-6-7-14(3)11-15/h6-12H,4-5,13H2,1-3H3. The van der Waals surface area contributed by atoms with E-state index in [-0.39, 0.29) is 5.56 Å². The molecule has 0 unspecified atom stereocenters. The Kier molecular flexibility index (Phi) is 4.28. The van der Waals surface area contributed by atoms with Crippen molar-refractivity contribution in [1.29, 1.82) is 0 Å². The van der Waals surface area contributed by atoms with Crippen LogP contribution in [0.25, 0.3) is 10.9 Å². The lowest BCUT2D eigenvalue weighted by molar-refractivity contribution is 0.790. The summed E-state index contributed by atoms with van der Waals surface area (Å²) in [6.45, 7) is 6.87. The third-order valence-electron chi connectivity index (χ3n) is 4.24. The van der Waals surface area contributed by atoms with Crippen LogP contribution in [-0.2, 0) is 19.4 Å². The van der Waals surface area contributed by atoms with Crippen LogP contribution < -0.4 is 5.56 Å². The summed E-state index contributed by atoms with van der Waals surface area (Å²) >= 11 is 0. The SMILES string of the molecule is CCc1cc2c(ccc(=O)n2Cc2cccc(C)c2)c(CC)n1. The van der Waals surface area contributed by atoms with Gasteiger partial charge in [-0.05, 0) is 37.5 Å². The lowest BCUT2D eigenvalue weighted by atomic mass is 10.1. The Balaban J connectivity index is 2.22. The molecule has 0 aliphatic carbocycles. The van der Waals surface area contributed by atoms with E-state index in [2.05, 4.69) is 45.0 Å². The van der Waals surface area contributed by atoms with Crippen LogP contribution in [0.2, 0.25) is 0 Å². The predicted molar refractivity (Wildman–Crippen MR) is 95.0 cm³/mol. The van der Waals surface area contributed by atoms with E-state index >= 15 is 0 Å². The highest BCUT2D eigenvalue weighted by atomic mass is 16.1. The van der Waals surface area contributed by atoms with Crippen LogP contribution in [-0.4, -0.2) is 9.55 Å². The van der Waals surface area contributed by atoms with Crippen molar-refractivity contribution in [2.75, 3.05) is 0 Å². The van der Waals surface area contributed by atoms with Crippen LogP contribution in [0.1, 0.15) is 36.4 Å². The number of nitrogens with zero attached hydrogens (tertiary/aromatic N) is 2. The van der Waals surface area contributed by atoms with Crippen molar-refractivity contribution in [3.05, 3.63) is 75.3 Å². The molecule has 1 aromatic carbocycles. The van der Waals surface area contributed by atoms with Gasteiger partial charge in [0.2, 0.25) is 0 Å². The summed E-state index contributed by atoms with van der Waals surface area (Å²) in [5.41, 5.74) is 5.49. The van der Waals surface area contributed by atoms with Gasteiger partial charge in [-0.15, -0.1) is 0 Å². The minimum atomic E-state index is 0.0364. The van der Waals surface area contributed by atoms with E-state index in [0.717, 1.165) is 40.7 Å². The molecule has 0 spiro atoms. The number of fused-ring (bicyclic) bond motifs is 1. The van der Waals surface area contributed by atoms with Crippen molar-refractivity contribution in [3.8, 4) is 0 Å². The molecule has 0 amide bonds. The van der Waals surface area contributed by atoms with Crippen LogP contribution in [0.5, 0.6) is 0 Å². The molecule has 0 aliphatic heterocycles. The summed E-state index contributed by atoms with van der Waals surface area (Å²) in [6, 6.07) is 13.9. The molecule has 23 heavy (non-hydrogen) atoms. The molecule has 3 rings (SSSR count). The van der Waals surface area contributed by atoms with Gasteiger partial charge in [-0.25, -0.2) is 0 Å². The highest BCUT2D eigenvalue weighted by Crippen LogP contribution is 2.19.